The molecule has 4 rings (SSSR count). The summed E-state index contributed by atoms with van der Waals surface area (Å²) >= 11 is 4.81. The fraction of sp³-hybridized carbons (Fsp3) is 0.227. The average molecular weight is 457 g/mol. The Kier molecular flexibility index (Phi) is 6.76. The summed E-state index contributed by atoms with van der Waals surface area (Å²) in [7, 11) is 0. The minimum absolute atomic E-state index is 0.230. The lowest BCUT2D eigenvalue weighted by atomic mass is 10.0. The number of benzene rings is 2. The minimum Gasteiger partial charge on any atom is -0.356 e. The molecule has 0 saturated carbocycles. The van der Waals surface area contributed by atoms with Crippen molar-refractivity contribution in [2.24, 2.45) is 0 Å². The van der Waals surface area contributed by atoms with Crippen LogP contribution in [0.5, 0.6) is 0 Å². The van der Waals surface area contributed by atoms with E-state index < -0.39 is 0 Å². The number of thiazole rings is 1. The zero-order valence-corrected chi connectivity index (χ0v) is 19.1. The summed E-state index contributed by atoms with van der Waals surface area (Å²) in [6.45, 7) is 4.99. The first-order valence-corrected chi connectivity index (χ1v) is 12.2. The molecule has 8 heteroatoms. The van der Waals surface area contributed by atoms with Gasteiger partial charge in [-0.2, -0.15) is 0 Å². The molecule has 0 aliphatic heterocycles. The number of rotatable bonds is 8. The van der Waals surface area contributed by atoms with Crippen molar-refractivity contribution in [2.75, 3.05) is 5.32 Å². The van der Waals surface area contributed by atoms with Crippen molar-refractivity contribution in [1.82, 2.24) is 15.2 Å². The summed E-state index contributed by atoms with van der Waals surface area (Å²) in [4.78, 5) is 4.77. The van der Waals surface area contributed by atoms with Crippen LogP contribution in [0.4, 0.5) is 9.52 Å². The third kappa shape index (κ3) is 5.44. The van der Waals surface area contributed by atoms with Gasteiger partial charge in [-0.05, 0) is 29.2 Å². The maximum absolute atomic E-state index is 13.0. The molecule has 1 N–H and O–H groups in total. The zero-order chi connectivity index (χ0) is 20.9. The Morgan fingerprint density at radius 2 is 1.80 bits per heavy atom. The third-order valence-electron chi connectivity index (χ3n) is 4.48. The van der Waals surface area contributed by atoms with E-state index in [1.807, 2.05) is 0 Å². The number of anilines is 1. The highest BCUT2D eigenvalue weighted by Gasteiger charge is 2.09. The SMILES string of the molecule is CC(C)c1ccc(-c2nc(CSc3nnc(NCc4ccc(F)cc4)s3)cs2)cc1. The second kappa shape index (κ2) is 9.68. The molecule has 0 radical (unpaired) electrons. The van der Waals surface area contributed by atoms with Crippen molar-refractivity contribution < 1.29 is 4.39 Å². The van der Waals surface area contributed by atoms with Crippen LogP contribution in [0.3, 0.4) is 0 Å². The molecular formula is C22H21FN4S3. The molecule has 4 nitrogen and oxygen atoms in total. The van der Waals surface area contributed by atoms with Crippen LogP contribution >= 0.6 is 34.4 Å². The molecule has 154 valence electrons. The Morgan fingerprint density at radius 3 is 2.53 bits per heavy atom. The molecule has 2 aromatic carbocycles. The molecule has 0 amide bonds. The van der Waals surface area contributed by atoms with Crippen molar-refractivity contribution in [3.05, 3.63) is 76.5 Å². The predicted octanol–water partition coefficient (Wildman–Crippen LogP) is 6.83. The minimum atomic E-state index is -0.230. The van der Waals surface area contributed by atoms with Gasteiger partial charge in [0.05, 0.1) is 5.69 Å². The Bertz CT molecular complexity index is 1090. The van der Waals surface area contributed by atoms with Crippen LogP contribution in [0.15, 0.2) is 58.3 Å². The molecular weight excluding hydrogens is 435 g/mol. The van der Waals surface area contributed by atoms with Gasteiger partial charge in [0.2, 0.25) is 5.13 Å². The average Bonchev–Trinajstić information content (AvgIpc) is 3.41. The van der Waals surface area contributed by atoms with E-state index in [1.165, 1.54) is 29.0 Å². The van der Waals surface area contributed by atoms with E-state index in [-0.39, 0.29) is 5.82 Å². The normalized spacial score (nSPS) is 11.2. The van der Waals surface area contributed by atoms with Gasteiger partial charge in [-0.15, -0.1) is 21.5 Å². The summed E-state index contributed by atoms with van der Waals surface area (Å²) in [5.41, 5.74) is 4.54. The van der Waals surface area contributed by atoms with E-state index >= 15 is 0 Å². The fourth-order valence-corrected chi connectivity index (χ4v) is 5.34. The molecule has 0 bridgehead atoms. The van der Waals surface area contributed by atoms with Gasteiger partial charge < -0.3 is 5.32 Å². The van der Waals surface area contributed by atoms with Gasteiger partial charge in [0.15, 0.2) is 4.34 Å². The number of thioether (sulfide) groups is 1. The summed E-state index contributed by atoms with van der Waals surface area (Å²) in [5, 5.41) is 15.5. The lowest BCUT2D eigenvalue weighted by molar-refractivity contribution is 0.627. The second-order valence-corrected chi connectivity index (χ2v) is 10.1. The van der Waals surface area contributed by atoms with Gasteiger partial charge in [-0.1, -0.05) is 73.3 Å². The smallest absolute Gasteiger partial charge is 0.206 e. The van der Waals surface area contributed by atoms with Crippen LogP contribution in [-0.4, -0.2) is 15.2 Å². The monoisotopic (exact) mass is 456 g/mol. The van der Waals surface area contributed by atoms with E-state index in [4.69, 9.17) is 4.98 Å². The summed E-state index contributed by atoms with van der Waals surface area (Å²) in [6.07, 6.45) is 0. The lowest BCUT2D eigenvalue weighted by Gasteiger charge is -2.05. The first-order chi connectivity index (χ1) is 14.6. The topological polar surface area (TPSA) is 50.7 Å². The standard InChI is InChI=1S/C22H21FN4S3/c1-14(2)16-5-7-17(8-6-16)20-25-19(12-28-20)13-29-22-27-26-21(30-22)24-11-15-3-9-18(23)10-4-15/h3-10,12,14H,11,13H2,1-2H3,(H,24,26). The highest BCUT2D eigenvalue weighted by Crippen LogP contribution is 2.31. The van der Waals surface area contributed by atoms with Crippen LogP contribution in [0, 0.1) is 5.82 Å². The Hall–Kier alpha value is -2.29. The molecule has 4 aromatic rings. The first kappa shape index (κ1) is 21.0. The Balaban J connectivity index is 1.30. The Morgan fingerprint density at radius 1 is 1.03 bits per heavy atom. The van der Waals surface area contributed by atoms with Gasteiger partial charge >= 0.3 is 0 Å². The van der Waals surface area contributed by atoms with E-state index in [2.05, 4.69) is 59.0 Å². The fourth-order valence-electron chi connectivity index (χ4n) is 2.77. The molecule has 30 heavy (non-hydrogen) atoms. The number of hydrogen-bond acceptors (Lipinski definition) is 7. The van der Waals surface area contributed by atoms with E-state index in [0.29, 0.717) is 12.5 Å². The summed E-state index contributed by atoms with van der Waals surface area (Å²) in [6, 6.07) is 15.1. The molecule has 2 heterocycles. The van der Waals surface area contributed by atoms with Gasteiger partial charge in [-0.25, -0.2) is 9.37 Å². The quantitative estimate of drug-likeness (QED) is 0.295. The molecule has 0 fully saturated rings. The molecule has 0 aliphatic rings. The van der Waals surface area contributed by atoms with E-state index in [9.17, 15) is 4.39 Å². The molecule has 0 aliphatic carbocycles. The number of nitrogens with one attached hydrogen (secondary N) is 1. The zero-order valence-electron chi connectivity index (χ0n) is 16.6. The van der Waals surface area contributed by atoms with Crippen LogP contribution in [0.25, 0.3) is 10.6 Å². The first-order valence-electron chi connectivity index (χ1n) is 9.56. The van der Waals surface area contributed by atoms with Gasteiger partial charge in [-0.3, -0.25) is 0 Å². The Labute approximate surface area is 187 Å². The van der Waals surface area contributed by atoms with Crippen LogP contribution in [0.1, 0.15) is 36.6 Å². The van der Waals surface area contributed by atoms with Crippen molar-refractivity contribution in [1.29, 1.82) is 0 Å². The van der Waals surface area contributed by atoms with Crippen molar-refractivity contribution in [2.45, 2.75) is 36.4 Å². The molecule has 0 unspecified atom stereocenters. The van der Waals surface area contributed by atoms with Crippen LogP contribution < -0.4 is 5.32 Å². The largest absolute Gasteiger partial charge is 0.356 e. The maximum atomic E-state index is 13.0. The number of hydrogen-bond donors (Lipinski definition) is 1. The summed E-state index contributed by atoms with van der Waals surface area (Å²) < 4.78 is 13.9. The molecule has 0 atom stereocenters. The number of nitrogens with zero attached hydrogens (tertiary/aromatic N) is 3. The van der Waals surface area contributed by atoms with Crippen LogP contribution in [-0.2, 0) is 12.3 Å². The number of aromatic nitrogens is 3. The van der Waals surface area contributed by atoms with Crippen molar-refractivity contribution >= 4 is 39.6 Å². The van der Waals surface area contributed by atoms with E-state index in [1.54, 1.807) is 35.2 Å². The molecule has 0 saturated heterocycles. The van der Waals surface area contributed by atoms with Gasteiger partial charge in [0, 0.05) is 23.2 Å². The summed E-state index contributed by atoms with van der Waals surface area (Å²) in [5.74, 6) is 1.06. The second-order valence-electron chi connectivity index (χ2n) is 7.06. The third-order valence-corrected chi connectivity index (χ3v) is 7.47. The lowest BCUT2D eigenvalue weighted by Crippen LogP contribution is -1.98. The van der Waals surface area contributed by atoms with Gasteiger partial charge in [0.25, 0.3) is 0 Å². The van der Waals surface area contributed by atoms with Crippen molar-refractivity contribution in [3.8, 4) is 10.6 Å². The highest BCUT2D eigenvalue weighted by atomic mass is 32.2. The molecule has 0 spiro atoms. The van der Waals surface area contributed by atoms with Crippen molar-refractivity contribution in [3.63, 3.8) is 0 Å². The predicted molar refractivity (Wildman–Crippen MR) is 125 cm³/mol. The highest BCUT2D eigenvalue weighted by molar-refractivity contribution is 8.00. The maximum Gasteiger partial charge on any atom is 0.206 e. The molecule has 2 aromatic heterocycles. The van der Waals surface area contributed by atoms with Gasteiger partial charge in [0.1, 0.15) is 10.8 Å². The van der Waals surface area contributed by atoms with E-state index in [0.717, 1.165) is 37.1 Å². The number of halogens is 1. The van der Waals surface area contributed by atoms with Crippen LogP contribution in [0.2, 0.25) is 0 Å².